The van der Waals surface area contributed by atoms with Gasteiger partial charge in [0.05, 0.1) is 4.34 Å². The molecule has 1 rings (SSSR count). The highest BCUT2D eigenvalue weighted by atomic mass is 35.5. The van der Waals surface area contributed by atoms with Crippen molar-refractivity contribution < 1.29 is 0 Å². The SMILES string of the molecule is ClCCC=CCc1ccc(Cl)s1. The number of alkyl halides is 1. The number of hydrogen-bond donors (Lipinski definition) is 0. The van der Waals surface area contributed by atoms with Crippen LogP contribution in [0.25, 0.3) is 0 Å². The van der Waals surface area contributed by atoms with Crippen molar-refractivity contribution in [3.63, 3.8) is 0 Å². The predicted molar refractivity (Wildman–Crippen MR) is 57.5 cm³/mol. The molecule has 0 amide bonds. The lowest BCUT2D eigenvalue weighted by Gasteiger charge is -1.86. The van der Waals surface area contributed by atoms with E-state index in [1.165, 1.54) is 4.88 Å². The molecule has 0 nitrogen and oxygen atoms in total. The Morgan fingerprint density at radius 1 is 1.33 bits per heavy atom. The second-order valence-electron chi connectivity index (χ2n) is 2.36. The summed E-state index contributed by atoms with van der Waals surface area (Å²) in [5.41, 5.74) is 0. The predicted octanol–water partition coefficient (Wildman–Crippen LogP) is 4.13. The lowest BCUT2D eigenvalue weighted by Crippen LogP contribution is -1.72. The number of rotatable bonds is 4. The molecule has 0 aliphatic heterocycles. The maximum atomic E-state index is 5.77. The topological polar surface area (TPSA) is 0 Å². The molecule has 0 saturated heterocycles. The zero-order chi connectivity index (χ0) is 8.81. The molecule has 0 bridgehead atoms. The zero-order valence-corrected chi connectivity index (χ0v) is 8.92. The molecule has 1 aromatic heterocycles. The molecule has 3 heteroatoms. The summed E-state index contributed by atoms with van der Waals surface area (Å²) in [5, 5.41) is 0. The highest BCUT2D eigenvalue weighted by Gasteiger charge is 1.93. The molecule has 0 aliphatic rings. The van der Waals surface area contributed by atoms with Gasteiger partial charge < -0.3 is 0 Å². The maximum Gasteiger partial charge on any atom is 0.0931 e. The highest BCUT2D eigenvalue weighted by Crippen LogP contribution is 2.21. The summed E-state index contributed by atoms with van der Waals surface area (Å²) in [6.45, 7) is 0. The van der Waals surface area contributed by atoms with Crippen LogP contribution in [0.4, 0.5) is 0 Å². The molecule has 0 aliphatic carbocycles. The van der Waals surface area contributed by atoms with Crippen LogP contribution in [0.2, 0.25) is 4.34 Å². The Hall–Kier alpha value is 0.0200. The minimum Gasteiger partial charge on any atom is -0.128 e. The molecular formula is C9H10Cl2S. The smallest absolute Gasteiger partial charge is 0.0931 e. The van der Waals surface area contributed by atoms with Crippen LogP contribution < -0.4 is 0 Å². The molecule has 0 N–H and O–H groups in total. The fourth-order valence-electron chi connectivity index (χ4n) is 0.842. The highest BCUT2D eigenvalue weighted by molar-refractivity contribution is 7.16. The lowest BCUT2D eigenvalue weighted by molar-refractivity contribution is 1.20. The summed E-state index contributed by atoms with van der Waals surface area (Å²) in [7, 11) is 0. The van der Waals surface area contributed by atoms with Gasteiger partial charge in [0.15, 0.2) is 0 Å². The Morgan fingerprint density at radius 2 is 2.17 bits per heavy atom. The number of hydrogen-bond acceptors (Lipinski definition) is 1. The largest absolute Gasteiger partial charge is 0.128 e. The minimum absolute atomic E-state index is 0.696. The normalized spacial score (nSPS) is 11.2. The first kappa shape index (κ1) is 10.1. The molecule has 0 fully saturated rings. The first-order valence-corrected chi connectivity index (χ1v) is 5.51. The molecule has 0 spiro atoms. The van der Waals surface area contributed by atoms with Crippen LogP contribution in [-0.2, 0) is 6.42 Å². The molecule has 1 heterocycles. The molecule has 0 unspecified atom stereocenters. The van der Waals surface area contributed by atoms with E-state index in [9.17, 15) is 0 Å². The summed E-state index contributed by atoms with van der Waals surface area (Å²) in [6.07, 6.45) is 6.14. The molecule has 0 aromatic carbocycles. The quantitative estimate of drug-likeness (QED) is 0.529. The first-order valence-electron chi connectivity index (χ1n) is 3.78. The average molecular weight is 221 g/mol. The van der Waals surface area contributed by atoms with E-state index < -0.39 is 0 Å². The van der Waals surface area contributed by atoms with Gasteiger partial charge in [0.2, 0.25) is 0 Å². The van der Waals surface area contributed by atoms with Crippen LogP contribution in [0, 0.1) is 0 Å². The van der Waals surface area contributed by atoms with Gasteiger partial charge in [-0.3, -0.25) is 0 Å². The van der Waals surface area contributed by atoms with Gasteiger partial charge in [-0.2, -0.15) is 0 Å². The number of halogens is 2. The Labute approximate surface area is 86.8 Å². The van der Waals surface area contributed by atoms with E-state index in [0.717, 1.165) is 17.2 Å². The molecule has 0 radical (unpaired) electrons. The molecule has 12 heavy (non-hydrogen) atoms. The Balaban J connectivity index is 2.33. The van der Waals surface area contributed by atoms with E-state index in [0.29, 0.717) is 5.88 Å². The fraction of sp³-hybridized carbons (Fsp3) is 0.333. The first-order chi connectivity index (χ1) is 5.83. The summed E-state index contributed by atoms with van der Waals surface area (Å²) in [5.74, 6) is 0.696. The summed E-state index contributed by atoms with van der Waals surface area (Å²) in [4.78, 5) is 1.30. The molecule has 0 atom stereocenters. The Morgan fingerprint density at radius 3 is 2.75 bits per heavy atom. The lowest BCUT2D eigenvalue weighted by atomic mass is 10.3. The van der Waals surface area contributed by atoms with Gasteiger partial charge in [-0.05, 0) is 25.0 Å². The van der Waals surface area contributed by atoms with E-state index in [4.69, 9.17) is 23.2 Å². The van der Waals surface area contributed by atoms with Crippen LogP contribution in [0.1, 0.15) is 11.3 Å². The van der Waals surface area contributed by atoms with Crippen molar-refractivity contribution in [1.29, 1.82) is 0 Å². The summed E-state index contributed by atoms with van der Waals surface area (Å²) >= 11 is 12.9. The third kappa shape index (κ3) is 3.61. The van der Waals surface area contributed by atoms with Crippen LogP contribution in [0.15, 0.2) is 24.3 Å². The van der Waals surface area contributed by atoms with Crippen molar-refractivity contribution in [3.05, 3.63) is 33.5 Å². The summed E-state index contributed by atoms with van der Waals surface area (Å²) in [6, 6.07) is 3.98. The van der Waals surface area contributed by atoms with Crippen LogP contribution in [0.3, 0.4) is 0 Å². The van der Waals surface area contributed by atoms with Gasteiger partial charge in [-0.15, -0.1) is 22.9 Å². The number of thiophene rings is 1. The van der Waals surface area contributed by atoms with Crippen molar-refractivity contribution in [2.45, 2.75) is 12.8 Å². The maximum absolute atomic E-state index is 5.77. The molecule has 66 valence electrons. The second kappa shape index (κ2) is 5.63. The van der Waals surface area contributed by atoms with Gasteiger partial charge in [0, 0.05) is 10.8 Å². The number of allylic oxidation sites excluding steroid dienone is 2. The minimum atomic E-state index is 0.696. The van der Waals surface area contributed by atoms with E-state index in [2.05, 4.69) is 18.2 Å². The van der Waals surface area contributed by atoms with Crippen LogP contribution in [-0.4, -0.2) is 5.88 Å². The van der Waals surface area contributed by atoms with E-state index >= 15 is 0 Å². The van der Waals surface area contributed by atoms with Crippen LogP contribution >= 0.6 is 34.5 Å². The average Bonchev–Trinajstić information content (AvgIpc) is 2.45. The Bertz CT molecular complexity index is 253. The van der Waals surface area contributed by atoms with Gasteiger partial charge in [-0.25, -0.2) is 0 Å². The van der Waals surface area contributed by atoms with Crippen molar-refractivity contribution in [3.8, 4) is 0 Å². The van der Waals surface area contributed by atoms with Gasteiger partial charge in [-0.1, -0.05) is 23.8 Å². The fourth-order valence-corrected chi connectivity index (χ4v) is 2.03. The van der Waals surface area contributed by atoms with Crippen LogP contribution in [0.5, 0.6) is 0 Å². The molecule has 1 aromatic rings. The molecule has 0 saturated carbocycles. The zero-order valence-electron chi connectivity index (χ0n) is 6.59. The second-order valence-corrected chi connectivity index (χ2v) is 4.54. The van der Waals surface area contributed by atoms with Gasteiger partial charge in [0.1, 0.15) is 0 Å². The standard InChI is InChI=1S/C9H10Cl2S/c10-7-3-1-2-4-8-5-6-9(11)12-8/h1-2,5-6H,3-4,7H2. The monoisotopic (exact) mass is 220 g/mol. The third-order valence-electron chi connectivity index (χ3n) is 1.39. The molecular weight excluding hydrogens is 211 g/mol. The van der Waals surface area contributed by atoms with Gasteiger partial charge >= 0.3 is 0 Å². The summed E-state index contributed by atoms with van der Waals surface area (Å²) < 4.78 is 0.857. The van der Waals surface area contributed by atoms with E-state index in [-0.39, 0.29) is 0 Å². The van der Waals surface area contributed by atoms with Crippen molar-refractivity contribution >= 4 is 34.5 Å². The van der Waals surface area contributed by atoms with Gasteiger partial charge in [0.25, 0.3) is 0 Å². The van der Waals surface area contributed by atoms with Crippen molar-refractivity contribution in [2.75, 3.05) is 5.88 Å². The van der Waals surface area contributed by atoms with E-state index in [1.807, 2.05) is 6.07 Å². The van der Waals surface area contributed by atoms with Crippen molar-refractivity contribution in [2.24, 2.45) is 0 Å². The Kier molecular flexibility index (Phi) is 4.74. The third-order valence-corrected chi connectivity index (χ3v) is 2.86. The van der Waals surface area contributed by atoms with Crippen molar-refractivity contribution in [1.82, 2.24) is 0 Å². The van der Waals surface area contributed by atoms with E-state index in [1.54, 1.807) is 11.3 Å².